The Morgan fingerprint density at radius 1 is 1.10 bits per heavy atom. The summed E-state index contributed by atoms with van der Waals surface area (Å²) >= 11 is 0. The Hall–Kier alpha value is -2.77. The number of nitrogens with one attached hydrogen (secondary N) is 2. The molecule has 1 saturated carbocycles. The number of amides is 2. The number of aryl methyl sites for hydroxylation is 2. The zero-order chi connectivity index (χ0) is 21.2. The molecule has 0 bridgehead atoms. The summed E-state index contributed by atoms with van der Waals surface area (Å²) in [5.41, 5.74) is 0.660. The summed E-state index contributed by atoms with van der Waals surface area (Å²) in [4.78, 5) is 24.8. The molecule has 8 heteroatoms. The number of alkyl halides is 3. The second-order valence-corrected chi connectivity index (χ2v) is 7.51. The second-order valence-electron chi connectivity index (χ2n) is 7.51. The fourth-order valence-electron chi connectivity index (χ4n) is 3.81. The Morgan fingerprint density at radius 2 is 1.76 bits per heavy atom. The first-order valence-electron chi connectivity index (χ1n) is 9.57. The van der Waals surface area contributed by atoms with Gasteiger partial charge in [-0.05, 0) is 49.1 Å². The lowest BCUT2D eigenvalue weighted by Gasteiger charge is -2.32. The lowest BCUT2D eigenvalue weighted by atomic mass is 9.80. The van der Waals surface area contributed by atoms with E-state index in [4.69, 9.17) is 0 Å². The quantitative estimate of drug-likeness (QED) is 0.784. The fraction of sp³-hybridized carbons (Fsp3) is 0.429. The van der Waals surface area contributed by atoms with E-state index in [1.54, 1.807) is 26.2 Å². The second kappa shape index (κ2) is 8.31. The van der Waals surface area contributed by atoms with Gasteiger partial charge < -0.3 is 15.2 Å². The van der Waals surface area contributed by atoms with Gasteiger partial charge in [0.25, 0.3) is 5.56 Å². The van der Waals surface area contributed by atoms with Crippen LogP contribution in [0.15, 0.2) is 41.3 Å². The fourth-order valence-corrected chi connectivity index (χ4v) is 3.81. The molecule has 156 valence electrons. The Labute approximate surface area is 166 Å². The van der Waals surface area contributed by atoms with Gasteiger partial charge in [-0.3, -0.25) is 4.79 Å². The van der Waals surface area contributed by atoms with Crippen LogP contribution in [0, 0.1) is 6.92 Å². The van der Waals surface area contributed by atoms with Crippen LogP contribution in [0.4, 0.5) is 23.7 Å². The molecule has 0 spiro atoms. The summed E-state index contributed by atoms with van der Waals surface area (Å²) < 4.78 is 39.8. The van der Waals surface area contributed by atoms with Crippen molar-refractivity contribution in [1.82, 2.24) is 9.88 Å². The van der Waals surface area contributed by atoms with E-state index in [1.165, 1.54) is 16.7 Å². The molecule has 2 atom stereocenters. The van der Waals surface area contributed by atoms with Crippen molar-refractivity contribution in [2.24, 2.45) is 7.05 Å². The van der Waals surface area contributed by atoms with Crippen molar-refractivity contribution in [2.75, 3.05) is 5.32 Å². The number of carbonyl (C=O) groups excluding carboxylic acids is 1. The minimum Gasteiger partial charge on any atom is -0.335 e. The SMILES string of the molecule is Cc1ccn(C)c(=O)c1NC(=O)NC1CCCCC1c1ccc(C(F)(F)F)cc1. The van der Waals surface area contributed by atoms with Gasteiger partial charge in [0.2, 0.25) is 0 Å². The van der Waals surface area contributed by atoms with Crippen LogP contribution in [-0.4, -0.2) is 16.6 Å². The van der Waals surface area contributed by atoms with E-state index < -0.39 is 17.8 Å². The van der Waals surface area contributed by atoms with Crippen LogP contribution in [0.5, 0.6) is 0 Å². The molecule has 1 aliphatic carbocycles. The molecule has 5 nitrogen and oxygen atoms in total. The van der Waals surface area contributed by atoms with Gasteiger partial charge in [0, 0.05) is 25.2 Å². The topological polar surface area (TPSA) is 63.1 Å². The first-order valence-corrected chi connectivity index (χ1v) is 9.57. The lowest BCUT2D eigenvalue weighted by molar-refractivity contribution is -0.137. The molecule has 1 aliphatic rings. The van der Waals surface area contributed by atoms with Crippen LogP contribution >= 0.6 is 0 Å². The highest BCUT2D eigenvalue weighted by atomic mass is 19.4. The van der Waals surface area contributed by atoms with E-state index in [9.17, 15) is 22.8 Å². The smallest absolute Gasteiger partial charge is 0.335 e. The van der Waals surface area contributed by atoms with Gasteiger partial charge in [0.05, 0.1) is 5.56 Å². The zero-order valence-corrected chi connectivity index (χ0v) is 16.3. The van der Waals surface area contributed by atoms with Gasteiger partial charge >= 0.3 is 12.2 Å². The van der Waals surface area contributed by atoms with Gasteiger partial charge in [-0.1, -0.05) is 25.0 Å². The number of halogens is 3. The summed E-state index contributed by atoms with van der Waals surface area (Å²) in [5, 5.41) is 5.55. The minimum atomic E-state index is -4.37. The highest BCUT2D eigenvalue weighted by molar-refractivity contribution is 5.90. The number of aromatic nitrogens is 1. The number of benzene rings is 1. The number of hydrogen-bond donors (Lipinski definition) is 2. The largest absolute Gasteiger partial charge is 0.416 e. The molecule has 1 fully saturated rings. The van der Waals surface area contributed by atoms with Crippen molar-refractivity contribution in [3.63, 3.8) is 0 Å². The van der Waals surface area contributed by atoms with Crippen LogP contribution in [0.2, 0.25) is 0 Å². The van der Waals surface area contributed by atoms with Crippen molar-refractivity contribution < 1.29 is 18.0 Å². The van der Waals surface area contributed by atoms with Crippen molar-refractivity contribution in [1.29, 1.82) is 0 Å². The molecule has 2 amide bonds. The van der Waals surface area contributed by atoms with Gasteiger partial charge in [-0.15, -0.1) is 0 Å². The molecule has 29 heavy (non-hydrogen) atoms. The Bertz CT molecular complexity index is 936. The Balaban J connectivity index is 1.74. The summed E-state index contributed by atoms with van der Waals surface area (Å²) in [6.07, 6.45) is 0.635. The van der Waals surface area contributed by atoms with E-state index in [-0.39, 0.29) is 23.2 Å². The molecular formula is C21H24F3N3O2. The summed E-state index contributed by atoms with van der Waals surface area (Å²) in [6, 6.07) is 6.18. The molecule has 1 heterocycles. The van der Waals surface area contributed by atoms with E-state index >= 15 is 0 Å². The standard InChI is InChI=1S/C21H24F3N3O2/c1-13-11-12-27(2)19(28)18(13)26-20(29)25-17-6-4-3-5-16(17)14-7-9-15(10-8-14)21(22,23)24/h7-12,16-17H,3-6H2,1-2H3,(H2,25,26,29). The van der Waals surface area contributed by atoms with Crippen LogP contribution in [0.1, 0.15) is 48.3 Å². The van der Waals surface area contributed by atoms with Crippen molar-refractivity contribution in [2.45, 2.75) is 50.7 Å². The van der Waals surface area contributed by atoms with Crippen molar-refractivity contribution in [3.8, 4) is 0 Å². The number of nitrogens with zero attached hydrogens (tertiary/aromatic N) is 1. The molecule has 1 aromatic carbocycles. The predicted molar refractivity (Wildman–Crippen MR) is 105 cm³/mol. The molecule has 3 rings (SSSR count). The molecule has 0 saturated heterocycles. The van der Waals surface area contributed by atoms with Gasteiger partial charge in [0.1, 0.15) is 5.69 Å². The van der Waals surface area contributed by atoms with E-state index in [0.717, 1.165) is 43.4 Å². The van der Waals surface area contributed by atoms with Crippen molar-refractivity contribution >= 4 is 11.7 Å². The van der Waals surface area contributed by atoms with Crippen LogP contribution < -0.4 is 16.2 Å². The molecule has 0 radical (unpaired) electrons. The maximum Gasteiger partial charge on any atom is 0.416 e. The monoisotopic (exact) mass is 407 g/mol. The van der Waals surface area contributed by atoms with Crippen molar-refractivity contribution in [3.05, 3.63) is 63.6 Å². The highest BCUT2D eigenvalue weighted by Gasteiger charge is 2.32. The number of rotatable bonds is 3. The van der Waals surface area contributed by atoms with E-state index in [0.29, 0.717) is 5.56 Å². The zero-order valence-electron chi connectivity index (χ0n) is 16.3. The van der Waals surface area contributed by atoms with Crippen LogP contribution in [0.25, 0.3) is 0 Å². The summed E-state index contributed by atoms with van der Waals surface area (Å²) in [5.74, 6) is -0.0727. The first-order chi connectivity index (χ1) is 13.7. The number of anilines is 1. The van der Waals surface area contributed by atoms with Crippen LogP contribution in [-0.2, 0) is 13.2 Å². The third-order valence-corrected chi connectivity index (χ3v) is 5.46. The normalized spacial score (nSPS) is 19.6. The molecule has 0 aliphatic heterocycles. The highest BCUT2D eigenvalue weighted by Crippen LogP contribution is 2.35. The first kappa shape index (κ1) is 21.0. The summed E-state index contributed by atoms with van der Waals surface area (Å²) in [6.45, 7) is 1.74. The predicted octanol–water partition coefficient (Wildman–Crippen LogP) is 4.56. The van der Waals surface area contributed by atoms with Gasteiger partial charge in [0.15, 0.2) is 0 Å². The molecule has 1 aromatic heterocycles. The van der Waals surface area contributed by atoms with E-state index in [2.05, 4.69) is 10.6 Å². The lowest BCUT2D eigenvalue weighted by Crippen LogP contribution is -2.44. The third-order valence-electron chi connectivity index (χ3n) is 5.46. The number of urea groups is 1. The average Bonchev–Trinajstić information content (AvgIpc) is 2.68. The third kappa shape index (κ3) is 4.81. The Morgan fingerprint density at radius 3 is 2.41 bits per heavy atom. The summed E-state index contributed by atoms with van der Waals surface area (Å²) in [7, 11) is 1.60. The van der Waals surface area contributed by atoms with Gasteiger partial charge in [-0.25, -0.2) is 4.79 Å². The van der Waals surface area contributed by atoms with Gasteiger partial charge in [-0.2, -0.15) is 13.2 Å². The van der Waals surface area contributed by atoms with Crippen LogP contribution in [0.3, 0.4) is 0 Å². The molecule has 2 aromatic rings. The maximum atomic E-state index is 12.8. The minimum absolute atomic E-state index is 0.0727. The van der Waals surface area contributed by atoms with E-state index in [1.807, 2.05) is 0 Å². The number of hydrogen-bond acceptors (Lipinski definition) is 2. The average molecular weight is 407 g/mol. The number of pyridine rings is 1. The molecule has 2 unspecified atom stereocenters. The molecule has 2 N–H and O–H groups in total. The number of carbonyl (C=O) groups is 1. The molecular weight excluding hydrogens is 383 g/mol. The Kier molecular flexibility index (Phi) is 6.00. The maximum absolute atomic E-state index is 12.8.